The lowest BCUT2D eigenvalue weighted by atomic mass is 10.1. The number of para-hydroxylation sites is 1. The van der Waals surface area contributed by atoms with E-state index in [1.165, 1.54) is 22.9 Å². The number of amides is 1. The van der Waals surface area contributed by atoms with Crippen molar-refractivity contribution in [3.05, 3.63) is 71.0 Å². The molecule has 0 atom stereocenters. The van der Waals surface area contributed by atoms with Gasteiger partial charge in [0, 0.05) is 18.1 Å². The van der Waals surface area contributed by atoms with Gasteiger partial charge >= 0.3 is 0 Å². The highest BCUT2D eigenvalue weighted by molar-refractivity contribution is 7.99. The van der Waals surface area contributed by atoms with Crippen LogP contribution in [0.5, 0.6) is 0 Å². The molecule has 0 spiro atoms. The maximum Gasteiger partial charge on any atom is 0.234 e. The van der Waals surface area contributed by atoms with Crippen LogP contribution in [0, 0.1) is 27.7 Å². The van der Waals surface area contributed by atoms with Crippen LogP contribution in [0.15, 0.2) is 53.9 Å². The summed E-state index contributed by atoms with van der Waals surface area (Å²) in [6.45, 7) is 8.17. The molecule has 1 N–H and O–H groups in total. The number of hydrogen-bond acceptors (Lipinski definition) is 3. The van der Waals surface area contributed by atoms with Crippen LogP contribution in [0.3, 0.4) is 0 Å². The monoisotopic (exact) mass is 365 g/mol. The minimum absolute atomic E-state index is 0.0237. The van der Waals surface area contributed by atoms with Gasteiger partial charge in [0.2, 0.25) is 5.91 Å². The van der Waals surface area contributed by atoms with Gasteiger partial charge in [0.05, 0.1) is 11.4 Å². The quantitative estimate of drug-likeness (QED) is 0.658. The average molecular weight is 366 g/mol. The zero-order chi connectivity index (χ0) is 18.7. The lowest BCUT2D eigenvalue weighted by Crippen LogP contribution is -2.16. The Balaban J connectivity index is 1.70. The summed E-state index contributed by atoms with van der Waals surface area (Å²) >= 11 is 1.44. The van der Waals surface area contributed by atoms with Crippen molar-refractivity contribution in [2.24, 2.45) is 0 Å². The largest absolute Gasteiger partial charge is 0.325 e. The first kappa shape index (κ1) is 18.3. The summed E-state index contributed by atoms with van der Waals surface area (Å²) in [6.07, 6.45) is 3.69. The van der Waals surface area contributed by atoms with Gasteiger partial charge in [-0.05, 0) is 50.5 Å². The number of thioether (sulfide) groups is 1. The Bertz CT molecular complexity index is 923. The molecule has 0 aliphatic rings. The fraction of sp³-hybridized carbons (Fsp3) is 0.238. The number of imidazole rings is 1. The Kier molecular flexibility index (Phi) is 5.47. The van der Waals surface area contributed by atoms with Gasteiger partial charge in [-0.25, -0.2) is 4.98 Å². The number of nitrogens with one attached hydrogen (secondary N) is 1. The van der Waals surface area contributed by atoms with Gasteiger partial charge < -0.3 is 5.32 Å². The van der Waals surface area contributed by atoms with E-state index >= 15 is 0 Å². The number of aryl methyl sites for hydroxylation is 4. The number of rotatable bonds is 5. The second-order valence-electron chi connectivity index (χ2n) is 6.48. The third-order valence-corrected chi connectivity index (χ3v) is 5.22. The summed E-state index contributed by atoms with van der Waals surface area (Å²) in [5, 5.41) is 3.85. The van der Waals surface area contributed by atoms with E-state index in [2.05, 4.69) is 48.4 Å². The van der Waals surface area contributed by atoms with E-state index in [1.54, 1.807) is 6.20 Å². The van der Waals surface area contributed by atoms with E-state index in [9.17, 15) is 4.79 Å². The molecule has 2 aromatic carbocycles. The third kappa shape index (κ3) is 3.99. The molecular weight excluding hydrogens is 342 g/mol. The van der Waals surface area contributed by atoms with Crippen molar-refractivity contribution < 1.29 is 4.79 Å². The van der Waals surface area contributed by atoms with Crippen LogP contribution in [-0.2, 0) is 4.79 Å². The average Bonchev–Trinajstić information content (AvgIpc) is 3.05. The molecule has 0 bridgehead atoms. The van der Waals surface area contributed by atoms with Crippen LogP contribution >= 0.6 is 11.8 Å². The number of hydrogen-bond donors (Lipinski definition) is 1. The van der Waals surface area contributed by atoms with E-state index in [0.717, 1.165) is 27.7 Å². The second kappa shape index (κ2) is 7.79. The molecular formula is C21H23N3OS. The van der Waals surface area contributed by atoms with Crippen LogP contribution < -0.4 is 5.32 Å². The van der Waals surface area contributed by atoms with Crippen molar-refractivity contribution in [2.75, 3.05) is 11.1 Å². The van der Waals surface area contributed by atoms with Crippen molar-refractivity contribution in [2.45, 2.75) is 32.9 Å². The molecule has 0 aliphatic carbocycles. The van der Waals surface area contributed by atoms with Crippen LogP contribution in [0.1, 0.15) is 22.3 Å². The molecule has 5 heteroatoms. The van der Waals surface area contributed by atoms with Gasteiger partial charge in [-0.2, -0.15) is 0 Å². The predicted octanol–water partition coefficient (Wildman–Crippen LogP) is 4.84. The topological polar surface area (TPSA) is 46.9 Å². The van der Waals surface area contributed by atoms with E-state index in [0.29, 0.717) is 5.75 Å². The van der Waals surface area contributed by atoms with Gasteiger partial charge in [-0.15, -0.1) is 0 Å². The molecule has 26 heavy (non-hydrogen) atoms. The van der Waals surface area contributed by atoms with Crippen molar-refractivity contribution in [1.82, 2.24) is 9.55 Å². The summed E-state index contributed by atoms with van der Waals surface area (Å²) in [6, 6.07) is 12.3. The van der Waals surface area contributed by atoms with Gasteiger partial charge in [0.15, 0.2) is 5.16 Å². The summed E-state index contributed by atoms with van der Waals surface area (Å²) in [5.41, 5.74) is 6.53. The highest BCUT2D eigenvalue weighted by atomic mass is 32.2. The fourth-order valence-corrected chi connectivity index (χ4v) is 3.86. The van der Waals surface area contributed by atoms with Gasteiger partial charge in [0.25, 0.3) is 0 Å². The molecule has 1 amide bonds. The third-order valence-electron chi connectivity index (χ3n) is 4.26. The second-order valence-corrected chi connectivity index (χ2v) is 7.42. The molecule has 4 nitrogen and oxygen atoms in total. The lowest BCUT2D eigenvalue weighted by Gasteiger charge is -2.13. The minimum Gasteiger partial charge on any atom is -0.325 e. The Hall–Kier alpha value is -2.53. The van der Waals surface area contributed by atoms with Crippen molar-refractivity contribution in [1.29, 1.82) is 0 Å². The molecule has 3 rings (SSSR count). The standard InChI is InChI=1S/C21H23N3OS/c1-14-11-16(3)20(17(4)12-14)23-19(25)13-26-21-22-9-10-24(21)18-8-6-5-7-15(18)2/h5-12H,13H2,1-4H3,(H,23,25). The van der Waals surface area contributed by atoms with Crippen molar-refractivity contribution in [3.63, 3.8) is 0 Å². The molecule has 0 unspecified atom stereocenters. The van der Waals surface area contributed by atoms with Gasteiger partial charge in [0.1, 0.15) is 0 Å². The number of nitrogens with zero attached hydrogens (tertiary/aromatic N) is 2. The van der Waals surface area contributed by atoms with Crippen LogP contribution in [0.25, 0.3) is 5.69 Å². The molecule has 0 saturated carbocycles. The summed E-state index contributed by atoms with van der Waals surface area (Å²) in [7, 11) is 0. The van der Waals surface area contributed by atoms with E-state index < -0.39 is 0 Å². The van der Waals surface area contributed by atoms with E-state index in [-0.39, 0.29) is 5.91 Å². The number of anilines is 1. The molecule has 0 fully saturated rings. The molecule has 3 aromatic rings. The number of benzene rings is 2. The Morgan fingerprint density at radius 3 is 2.46 bits per heavy atom. The normalized spacial score (nSPS) is 10.8. The molecule has 0 saturated heterocycles. The lowest BCUT2D eigenvalue weighted by molar-refractivity contribution is -0.113. The first-order chi connectivity index (χ1) is 12.5. The maximum absolute atomic E-state index is 12.4. The molecule has 0 aliphatic heterocycles. The molecule has 134 valence electrons. The van der Waals surface area contributed by atoms with Crippen molar-refractivity contribution in [3.8, 4) is 5.69 Å². The Labute approximate surface area is 158 Å². The smallest absolute Gasteiger partial charge is 0.234 e. The Morgan fingerprint density at radius 1 is 1.08 bits per heavy atom. The molecule has 1 aromatic heterocycles. The number of carbonyl (C=O) groups excluding carboxylic acids is 1. The Morgan fingerprint density at radius 2 is 1.77 bits per heavy atom. The first-order valence-electron chi connectivity index (χ1n) is 8.55. The van der Waals surface area contributed by atoms with Crippen LogP contribution in [0.2, 0.25) is 0 Å². The number of carbonyl (C=O) groups is 1. The fourth-order valence-electron chi connectivity index (χ4n) is 3.10. The van der Waals surface area contributed by atoms with Crippen LogP contribution in [0.4, 0.5) is 5.69 Å². The minimum atomic E-state index is -0.0237. The molecule has 1 heterocycles. The van der Waals surface area contributed by atoms with E-state index in [4.69, 9.17) is 0 Å². The SMILES string of the molecule is Cc1cc(C)c(NC(=O)CSc2nccn2-c2ccccc2C)c(C)c1. The highest BCUT2D eigenvalue weighted by Crippen LogP contribution is 2.25. The number of aromatic nitrogens is 2. The van der Waals surface area contributed by atoms with Gasteiger partial charge in [-0.3, -0.25) is 9.36 Å². The summed E-state index contributed by atoms with van der Waals surface area (Å²) in [4.78, 5) is 16.8. The van der Waals surface area contributed by atoms with Crippen molar-refractivity contribution >= 4 is 23.4 Å². The molecule has 0 radical (unpaired) electrons. The van der Waals surface area contributed by atoms with Gasteiger partial charge in [-0.1, -0.05) is 47.7 Å². The highest BCUT2D eigenvalue weighted by Gasteiger charge is 2.12. The predicted molar refractivity (Wildman–Crippen MR) is 108 cm³/mol. The first-order valence-corrected chi connectivity index (χ1v) is 9.54. The van der Waals surface area contributed by atoms with Crippen LogP contribution in [-0.4, -0.2) is 21.2 Å². The zero-order valence-electron chi connectivity index (χ0n) is 15.5. The maximum atomic E-state index is 12.4. The zero-order valence-corrected chi connectivity index (χ0v) is 16.4. The summed E-state index contributed by atoms with van der Waals surface area (Å²) in [5.74, 6) is 0.291. The van der Waals surface area contributed by atoms with E-state index in [1.807, 2.05) is 36.7 Å². The summed E-state index contributed by atoms with van der Waals surface area (Å²) < 4.78 is 2.02.